The monoisotopic (exact) mass is 318 g/mol. The Morgan fingerprint density at radius 2 is 1.67 bits per heavy atom. The highest BCUT2D eigenvalue weighted by Crippen LogP contribution is 2.27. The van der Waals surface area contributed by atoms with Crippen molar-refractivity contribution in [3.8, 4) is 0 Å². The van der Waals surface area contributed by atoms with E-state index in [-0.39, 0.29) is 12.2 Å². The Morgan fingerprint density at radius 1 is 1.14 bits per heavy atom. The number of ether oxygens (including phenoxy) is 2. The predicted molar refractivity (Wildman–Crippen MR) is 84.2 cm³/mol. The van der Waals surface area contributed by atoms with Crippen molar-refractivity contribution >= 4 is 8.80 Å². The Kier molecular flexibility index (Phi) is 8.69. The molecular weight excluding hydrogens is 288 g/mol. The summed E-state index contributed by atoms with van der Waals surface area (Å²) in [5, 5.41) is 1.02. The van der Waals surface area contributed by atoms with Crippen molar-refractivity contribution in [1.29, 1.82) is 0 Å². The molecule has 0 amide bonds. The van der Waals surface area contributed by atoms with E-state index in [2.05, 4.69) is 6.92 Å². The minimum atomic E-state index is -2.87. The van der Waals surface area contributed by atoms with Gasteiger partial charge in [0.2, 0.25) is 0 Å². The predicted octanol–water partition coefficient (Wildman–Crippen LogP) is 2.71. The van der Waals surface area contributed by atoms with Gasteiger partial charge in [-0.1, -0.05) is 13.0 Å². The van der Waals surface area contributed by atoms with Crippen LogP contribution in [0.2, 0.25) is 0 Å². The third-order valence-electron chi connectivity index (χ3n) is 3.27. The van der Waals surface area contributed by atoms with E-state index in [0.29, 0.717) is 26.4 Å². The highest BCUT2D eigenvalue weighted by molar-refractivity contribution is 6.69. The summed E-state index contributed by atoms with van der Waals surface area (Å²) in [5.74, 6) is 0. The molecule has 1 saturated heterocycles. The van der Waals surface area contributed by atoms with Crippen LogP contribution in [-0.4, -0.2) is 54.0 Å². The van der Waals surface area contributed by atoms with Crippen LogP contribution in [0.3, 0.4) is 0 Å². The lowest BCUT2D eigenvalue weighted by Gasteiger charge is -2.34. The molecule has 2 unspecified atom stereocenters. The molecule has 6 heteroatoms. The van der Waals surface area contributed by atoms with E-state index in [1.165, 1.54) is 0 Å². The first-order chi connectivity index (χ1) is 10.2. The van der Waals surface area contributed by atoms with Gasteiger partial charge < -0.3 is 22.8 Å². The molecule has 0 aromatic rings. The second-order valence-electron chi connectivity index (χ2n) is 4.78. The molecule has 1 aliphatic rings. The smallest absolute Gasteiger partial charge is 0.371 e. The van der Waals surface area contributed by atoms with Crippen LogP contribution in [0.1, 0.15) is 41.0 Å². The van der Waals surface area contributed by atoms with Gasteiger partial charge in [-0.05, 0) is 34.1 Å². The summed E-state index contributed by atoms with van der Waals surface area (Å²) in [6, 6.07) is 0. The summed E-state index contributed by atoms with van der Waals surface area (Å²) in [4.78, 5) is 0. The zero-order valence-electron chi connectivity index (χ0n) is 14.0. The van der Waals surface area contributed by atoms with Gasteiger partial charge in [-0.2, -0.15) is 0 Å². The standard InChI is InChI=1S/C15H30O5Si/c1-6-14(17-12-13-11-16-13)15(7-2)21(18-8-3,19-9-4)20-10-5/h7,13-14H,6,8-12H2,1-5H3. The Hall–Kier alpha value is -0.243. The normalized spacial score (nSPS) is 20.6. The third-order valence-corrected chi connectivity index (χ3v) is 6.59. The molecule has 0 aromatic carbocycles. The number of rotatable bonds is 12. The molecule has 0 N–H and O–H groups in total. The van der Waals surface area contributed by atoms with Crippen LogP contribution in [0.5, 0.6) is 0 Å². The molecule has 124 valence electrons. The molecule has 0 radical (unpaired) electrons. The molecule has 21 heavy (non-hydrogen) atoms. The van der Waals surface area contributed by atoms with Gasteiger partial charge >= 0.3 is 8.80 Å². The minimum Gasteiger partial charge on any atom is -0.371 e. The molecule has 1 heterocycles. The first-order valence-corrected chi connectivity index (χ1v) is 9.71. The van der Waals surface area contributed by atoms with Gasteiger partial charge in [0.15, 0.2) is 0 Å². The van der Waals surface area contributed by atoms with E-state index in [1.54, 1.807) is 0 Å². The van der Waals surface area contributed by atoms with Gasteiger partial charge in [-0.3, -0.25) is 0 Å². The van der Waals surface area contributed by atoms with Crippen molar-refractivity contribution in [2.45, 2.75) is 53.2 Å². The van der Waals surface area contributed by atoms with Gasteiger partial charge in [0.1, 0.15) is 6.10 Å². The molecule has 0 saturated carbocycles. The van der Waals surface area contributed by atoms with E-state index in [0.717, 1.165) is 18.2 Å². The lowest BCUT2D eigenvalue weighted by atomic mass is 10.2. The fourth-order valence-electron chi connectivity index (χ4n) is 2.32. The Morgan fingerprint density at radius 3 is 2.00 bits per heavy atom. The summed E-state index contributed by atoms with van der Waals surface area (Å²) in [5.41, 5.74) is 0. The van der Waals surface area contributed by atoms with Crippen molar-refractivity contribution < 1.29 is 22.8 Å². The topological polar surface area (TPSA) is 49.5 Å². The molecule has 1 fully saturated rings. The van der Waals surface area contributed by atoms with Crippen LogP contribution in [0.4, 0.5) is 0 Å². The molecule has 0 bridgehead atoms. The van der Waals surface area contributed by atoms with E-state index < -0.39 is 8.80 Å². The van der Waals surface area contributed by atoms with Gasteiger partial charge in [0, 0.05) is 25.0 Å². The van der Waals surface area contributed by atoms with E-state index in [1.807, 2.05) is 33.8 Å². The lowest BCUT2D eigenvalue weighted by Crippen LogP contribution is -2.52. The van der Waals surface area contributed by atoms with Crippen LogP contribution in [-0.2, 0) is 22.8 Å². The first-order valence-electron chi connectivity index (χ1n) is 7.99. The fraction of sp³-hybridized carbons (Fsp3) is 0.867. The molecule has 5 nitrogen and oxygen atoms in total. The van der Waals surface area contributed by atoms with Crippen molar-refractivity contribution in [2.75, 3.05) is 33.0 Å². The number of epoxide rings is 1. The SMILES string of the molecule is CC=C(C(CC)OCC1CO1)[Si](OCC)(OCC)OCC. The fourth-order valence-corrected chi connectivity index (χ4v) is 5.25. The lowest BCUT2D eigenvalue weighted by molar-refractivity contribution is 0.0401. The zero-order chi connectivity index (χ0) is 15.7. The van der Waals surface area contributed by atoms with Crippen LogP contribution in [0.25, 0.3) is 0 Å². The first kappa shape index (κ1) is 18.8. The summed E-state index contributed by atoms with van der Waals surface area (Å²) in [7, 11) is -2.87. The molecule has 0 spiro atoms. The molecule has 2 atom stereocenters. The third kappa shape index (κ3) is 5.47. The highest BCUT2D eigenvalue weighted by atomic mass is 28.4. The maximum Gasteiger partial charge on any atom is 0.535 e. The van der Waals surface area contributed by atoms with E-state index in [9.17, 15) is 0 Å². The quantitative estimate of drug-likeness (QED) is 0.409. The van der Waals surface area contributed by atoms with Crippen LogP contribution in [0.15, 0.2) is 11.3 Å². The van der Waals surface area contributed by atoms with Crippen molar-refractivity contribution in [1.82, 2.24) is 0 Å². The van der Waals surface area contributed by atoms with Crippen LogP contribution in [0, 0.1) is 0 Å². The molecule has 1 rings (SSSR count). The summed E-state index contributed by atoms with van der Waals surface area (Å²) in [6.45, 7) is 13.1. The average molecular weight is 318 g/mol. The van der Waals surface area contributed by atoms with E-state index in [4.69, 9.17) is 22.8 Å². The second kappa shape index (κ2) is 9.71. The van der Waals surface area contributed by atoms with Crippen molar-refractivity contribution in [3.05, 3.63) is 11.3 Å². The number of hydrogen-bond acceptors (Lipinski definition) is 5. The number of hydrogen-bond donors (Lipinski definition) is 0. The minimum absolute atomic E-state index is 0.0458. The van der Waals surface area contributed by atoms with Gasteiger partial charge in [-0.15, -0.1) is 0 Å². The zero-order valence-corrected chi connectivity index (χ0v) is 15.0. The van der Waals surface area contributed by atoms with Crippen LogP contribution >= 0.6 is 0 Å². The average Bonchev–Trinajstić information content (AvgIpc) is 3.28. The summed E-state index contributed by atoms with van der Waals surface area (Å²) < 4.78 is 29.2. The maximum absolute atomic E-state index is 6.01. The summed E-state index contributed by atoms with van der Waals surface area (Å²) >= 11 is 0. The molecule has 0 aliphatic carbocycles. The highest BCUT2D eigenvalue weighted by Gasteiger charge is 2.48. The molecular formula is C15H30O5Si. The van der Waals surface area contributed by atoms with Crippen molar-refractivity contribution in [3.63, 3.8) is 0 Å². The van der Waals surface area contributed by atoms with Crippen LogP contribution < -0.4 is 0 Å². The second-order valence-corrected chi connectivity index (χ2v) is 7.34. The maximum atomic E-state index is 6.01. The summed E-state index contributed by atoms with van der Waals surface area (Å²) in [6.07, 6.45) is 3.10. The Bertz CT molecular complexity index is 300. The molecule has 0 aromatic heterocycles. The number of allylic oxidation sites excluding steroid dienone is 1. The van der Waals surface area contributed by atoms with Crippen molar-refractivity contribution in [2.24, 2.45) is 0 Å². The Balaban J connectivity index is 2.89. The molecule has 1 aliphatic heterocycles. The van der Waals surface area contributed by atoms with Gasteiger partial charge in [0.05, 0.1) is 19.3 Å². The van der Waals surface area contributed by atoms with E-state index >= 15 is 0 Å². The Labute approximate surface area is 129 Å². The van der Waals surface area contributed by atoms with Gasteiger partial charge in [-0.25, -0.2) is 0 Å². The largest absolute Gasteiger partial charge is 0.535 e. The van der Waals surface area contributed by atoms with Gasteiger partial charge in [0.25, 0.3) is 0 Å².